The number of ether oxygens (including phenoxy) is 1. The minimum Gasteiger partial charge on any atom is -0.497 e. The molecule has 0 bridgehead atoms. The maximum Gasteiger partial charge on any atom is 0.120 e. The van der Waals surface area contributed by atoms with E-state index in [9.17, 15) is 4.91 Å². The Balaban J connectivity index is 2.16. The van der Waals surface area contributed by atoms with E-state index in [0.29, 0.717) is 6.54 Å². The molecule has 18 heavy (non-hydrogen) atoms. The van der Waals surface area contributed by atoms with Gasteiger partial charge in [-0.15, -0.1) is 4.91 Å². The second-order valence-electron chi connectivity index (χ2n) is 4.60. The van der Waals surface area contributed by atoms with Crippen LogP contribution in [-0.2, 0) is 6.42 Å². The van der Waals surface area contributed by atoms with Gasteiger partial charge in [-0.3, -0.25) is 5.01 Å². The second-order valence-corrected chi connectivity index (χ2v) is 4.60. The molecule has 0 spiro atoms. The molecule has 0 aliphatic carbocycles. The minimum absolute atomic E-state index is 0.00430. The van der Waals surface area contributed by atoms with Gasteiger partial charge in [0.05, 0.1) is 18.4 Å². The van der Waals surface area contributed by atoms with Crippen molar-refractivity contribution in [3.63, 3.8) is 0 Å². The number of fused-ring (bicyclic) bond motifs is 3. The summed E-state index contributed by atoms with van der Waals surface area (Å²) in [6.07, 6.45) is 0.845. The molecule has 1 aliphatic rings. The highest BCUT2D eigenvalue weighted by Gasteiger charge is 2.27. The first-order chi connectivity index (χ1) is 8.74. The number of nitroso groups, excluding NO2 is 1. The zero-order valence-corrected chi connectivity index (χ0v) is 10.4. The van der Waals surface area contributed by atoms with Crippen molar-refractivity contribution in [2.24, 2.45) is 5.29 Å². The number of nitrogens with one attached hydrogen (secondary N) is 1. The molecule has 5 heteroatoms. The zero-order chi connectivity index (χ0) is 12.7. The average Bonchev–Trinajstić information content (AvgIpc) is 2.77. The van der Waals surface area contributed by atoms with Gasteiger partial charge in [0.15, 0.2) is 0 Å². The number of H-pyrrole nitrogens is 1. The van der Waals surface area contributed by atoms with Gasteiger partial charge in [-0.25, -0.2) is 0 Å². The van der Waals surface area contributed by atoms with Crippen LogP contribution in [0.3, 0.4) is 0 Å². The summed E-state index contributed by atoms with van der Waals surface area (Å²) in [7, 11) is 1.66. The molecular formula is C13H15N3O2. The Morgan fingerprint density at radius 3 is 3.06 bits per heavy atom. The van der Waals surface area contributed by atoms with Gasteiger partial charge in [-0.05, 0) is 31.0 Å². The SMILES string of the molecule is COc1ccc2c3c([nH]c2c1)[C@@H](C)N(N=O)CC3. The number of hydrogen-bond acceptors (Lipinski definition) is 3. The van der Waals surface area contributed by atoms with Crippen molar-refractivity contribution in [1.82, 2.24) is 9.99 Å². The van der Waals surface area contributed by atoms with Crippen LogP contribution in [0.5, 0.6) is 5.75 Å². The van der Waals surface area contributed by atoms with Crippen LogP contribution in [0.15, 0.2) is 23.5 Å². The Kier molecular flexibility index (Phi) is 2.47. The van der Waals surface area contributed by atoms with Gasteiger partial charge >= 0.3 is 0 Å². The molecule has 0 amide bonds. The average molecular weight is 245 g/mol. The van der Waals surface area contributed by atoms with Crippen LogP contribution in [0.2, 0.25) is 0 Å². The van der Waals surface area contributed by atoms with Crippen molar-refractivity contribution in [2.75, 3.05) is 13.7 Å². The molecule has 0 fully saturated rings. The first-order valence-electron chi connectivity index (χ1n) is 6.03. The molecule has 94 valence electrons. The van der Waals surface area contributed by atoms with Crippen LogP contribution in [0.1, 0.15) is 24.2 Å². The number of nitrogens with zero attached hydrogens (tertiary/aromatic N) is 2. The molecule has 1 aliphatic heterocycles. The van der Waals surface area contributed by atoms with Gasteiger partial charge in [0.25, 0.3) is 0 Å². The van der Waals surface area contributed by atoms with Crippen molar-refractivity contribution in [3.05, 3.63) is 34.4 Å². The van der Waals surface area contributed by atoms with E-state index in [4.69, 9.17) is 4.74 Å². The van der Waals surface area contributed by atoms with E-state index < -0.39 is 0 Å². The van der Waals surface area contributed by atoms with E-state index in [1.807, 2.05) is 19.1 Å². The molecule has 1 aromatic heterocycles. The van der Waals surface area contributed by atoms with Crippen LogP contribution >= 0.6 is 0 Å². The lowest BCUT2D eigenvalue weighted by Crippen LogP contribution is -2.28. The predicted octanol–water partition coefficient (Wildman–Crippen LogP) is 2.78. The van der Waals surface area contributed by atoms with Gasteiger partial charge in [-0.1, -0.05) is 0 Å². The van der Waals surface area contributed by atoms with E-state index in [2.05, 4.69) is 16.3 Å². The third kappa shape index (κ3) is 1.47. The van der Waals surface area contributed by atoms with Gasteiger partial charge in [0.2, 0.25) is 0 Å². The van der Waals surface area contributed by atoms with E-state index >= 15 is 0 Å². The predicted molar refractivity (Wildman–Crippen MR) is 69.5 cm³/mol. The third-order valence-electron chi connectivity index (χ3n) is 3.71. The normalized spacial score (nSPS) is 18.8. The highest BCUT2D eigenvalue weighted by atomic mass is 16.5. The fraction of sp³-hybridized carbons (Fsp3) is 0.385. The van der Waals surface area contributed by atoms with E-state index in [1.165, 1.54) is 10.9 Å². The van der Waals surface area contributed by atoms with Crippen LogP contribution in [-0.4, -0.2) is 23.6 Å². The van der Waals surface area contributed by atoms with Crippen molar-refractivity contribution in [3.8, 4) is 5.75 Å². The highest BCUT2D eigenvalue weighted by molar-refractivity contribution is 5.86. The Bertz CT molecular complexity index is 606. The molecule has 2 aromatic rings. The topological polar surface area (TPSA) is 57.7 Å². The van der Waals surface area contributed by atoms with Crippen molar-refractivity contribution < 1.29 is 4.74 Å². The minimum atomic E-state index is 0.00430. The van der Waals surface area contributed by atoms with Crippen LogP contribution in [0.4, 0.5) is 0 Å². The number of aromatic amines is 1. The Morgan fingerprint density at radius 1 is 1.50 bits per heavy atom. The summed E-state index contributed by atoms with van der Waals surface area (Å²) >= 11 is 0. The van der Waals surface area contributed by atoms with Gasteiger partial charge in [0, 0.05) is 29.2 Å². The standard InChI is InChI=1S/C13H15N3O2/c1-8-13-11(5-6-16(8)15-17)10-4-3-9(18-2)7-12(10)14-13/h3-4,7-8,14H,5-6H2,1-2H3/t8-/m1/s1. The lowest BCUT2D eigenvalue weighted by molar-refractivity contribution is 0.202. The summed E-state index contributed by atoms with van der Waals surface area (Å²) in [4.78, 5) is 14.1. The van der Waals surface area contributed by atoms with Crippen LogP contribution in [0, 0.1) is 4.91 Å². The maximum absolute atomic E-state index is 10.7. The summed E-state index contributed by atoms with van der Waals surface area (Å²) in [5, 5.41) is 5.86. The number of hydrogen-bond donors (Lipinski definition) is 1. The number of rotatable bonds is 2. The summed E-state index contributed by atoms with van der Waals surface area (Å²) in [5.74, 6) is 0.833. The second kappa shape index (κ2) is 4.01. The fourth-order valence-electron chi connectivity index (χ4n) is 2.69. The number of aromatic nitrogens is 1. The Hall–Kier alpha value is -2.04. The zero-order valence-electron chi connectivity index (χ0n) is 10.4. The lowest BCUT2D eigenvalue weighted by atomic mass is 10.00. The van der Waals surface area contributed by atoms with E-state index in [1.54, 1.807) is 12.1 Å². The molecule has 0 saturated heterocycles. The van der Waals surface area contributed by atoms with Gasteiger partial charge in [0.1, 0.15) is 5.75 Å². The molecule has 3 rings (SSSR count). The van der Waals surface area contributed by atoms with Crippen molar-refractivity contribution >= 4 is 10.9 Å². The van der Waals surface area contributed by atoms with E-state index in [0.717, 1.165) is 23.4 Å². The monoisotopic (exact) mass is 245 g/mol. The number of benzene rings is 1. The fourth-order valence-corrected chi connectivity index (χ4v) is 2.69. The highest BCUT2D eigenvalue weighted by Crippen LogP contribution is 2.35. The Morgan fingerprint density at radius 2 is 2.33 bits per heavy atom. The van der Waals surface area contributed by atoms with Crippen molar-refractivity contribution in [2.45, 2.75) is 19.4 Å². The van der Waals surface area contributed by atoms with Crippen LogP contribution < -0.4 is 4.74 Å². The summed E-state index contributed by atoms with van der Waals surface area (Å²) < 4.78 is 5.22. The van der Waals surface area contributed by atoms with Gasteiger partial charge < -0.3 is 9.72 Å². The maximum atomic E-state index is 10.7. The lowest BCUT2D eigenvalue weighted by Gasteiger charge is -2.28. The molecule has 0 saturated carbocycles. The smallest absolute Gasteiger partial charge is 0.120 e. The summed E-state index contributed by atoms with van der Waals surface area (Å²) in [6, 6.07) is 6.02. The quantitative estimate of drug-likeness (QED) is 0.828. The molecule has 1 aromatic carbocycles. The van der Waals surface area contributed by atoms with Crippen molar-refractivity contribution in [1.29, 1.82) is 0 Å². The molecule has 2 heterocycles. The molecule has 5 nitrogen and oxygen atoms in total. The largest absolute Gasteiger partial charge is 0.497 e. The van der Waals surface area contributed by atoms with Gasteiger partial charge in [-0.2, -0.15) is 0 Å². The summed E-state index contributed by atoms with van der Waals surface area (Å²) in [5.41, 5.74) is 3.43. The van der Waals surface area contributed by atoms with Crippen LogP contribution in [0.25, 0.3) is 10.9 Å². The molecular weight excluding hydrogens is 230 g/mol. The molecule has 1 atom stereocenters. The first-order valence-corrected chi connectivity index (χ1v) is 6.03. The Labute approximate surface area is 105 Å². The molecule has 1 N–H and O–H groups in total. The van der Waals surface area contributed by atoms with E-state index in [-0.39, 0.29) is 6.04 Å². The molecule has 0 radical (unpaired) electrons. The third-order valence-corrected chi connectivity index (χ3v) is 3.71. The number of methoxy groups -OCH3 is 1. The molecule has 0 unspecified atom stereocenters. The summed E-state index contributed by atoms with van der Waals surface area (Å²) in [6.45, 7) is 2.67. The first kappa shape index (κ1) is 11.1.